The van der Waals surface area contributed by atoms with Gasteiger partial charge in [-0.25, -0.2) is 0 Å². The van der Waals surface area contributed by atoms with Crippen LogP contribution in [0.1, 0.15) is 42.9 Å². The number of carbonyl (C=O) groups excluding carboxylic acids is 1. The average Bonchev–Trinajstić information content (AvgIpc) is 3.00. The molecule has 0 bridgehead atoms. The second kappa shape index (κ2) is 10.1. The van der Waals surface area contributed by atoms with Gasteiger partial charge in [-0.3, -0.25) is 4.79 Å². The molecule has 1 aromatic carbocycles. The average molecular weight is 394 g/mol. The van der Waals surface area contributed by atoms with Crippen molar-refractivity contribution in [2.75, 3.05) is 39.3 Å². The molecule has 27 heavy (non-hydrogen) atoms. The molecule has 150 valence electrons. The zero-order chi connectivity index (χ0) is 18.5. The Morgan fingerprint density at radius 1 is 1.30 bits per heavy atom. The lowest BCUT2D eigenvalue weighted by Gasteiger charge is -2.27. The number of nitrogens with one attached hydrogen (secondary N) is 2. The molecule has 0 spiro atoms. The molecule has 2 aromatic rings. The van der Waals surface area contributed by atoms with Gasteiger partial charge in [-0.2, -0.15) is 0 Å². The van der Waals surface area contributed by atoms with E-state index in [1.165, 1.54) is 11.1 Å². The number of nitrogens with zero attached hydrogens (tertiary/aromatic N) is 1. The number of hydrogen-bond acceptors (Lipinski definition) is 4. The molecule has 0 radical (unpaired) electrons. The van der Waals surface area contributed by atoms with E-state index in [0.717, 1.165) is 62.2 Å². The molecule has 0 atom stereocenters. The Bertz CT molecular complexity index is 751. The van der Waals surface area contributed by atoms with E-state index in [1.807, 2.05) is 0 Å². The molecule has 0 unspecified atom stereocenters. The van der Waals surface area contributed by atoms with E-state index in [1.54, 1.807) is 6.26 Å². The van der Waals surface area contributed by atoms with Crippen LogP contribution in [0, 0.1) is 6.92 Å². The minimum absolute atomic E-state index is 0. The lowest BCUT2D eigenvalue weighted by Crippen LogP contribution is -2.44. The summed E-state index contributed by atoms with van der Waals surface area (Å²) in [5, 5.41) is 7.47. The highest BCUT2D eigenvalue weighted by molar-refractivity contribution is 5.88. The zero-order valence-electron chi connectivity index (χ0n) is 16.6. The summed E-state index contributed by atoms with van der Waals surface area (Å²) in [4.78, 5) is 14.8. The summed E-state index contributed by atoms with van der Waals surface area (Å²) in [6.07, 6.45) is 3.10. The lowest BCUT2D eigenvalue weighted by molar-refractivity contribution is -0.120. The van der Waals surface area contributed by atoms with Crippen LogP contribution in [0.15, 0.2) is 22.8 Å². The van der Waals surface area contributed by atoms with Gasteiger partial charge in [0.05, 0.1) is 12.7 Å². The van der Waals surface area contributed by atoms with E-state index in [-0.39, 0.29) is 18.3 Å². The molecule has 6 heteroatoms. The fourth-order valence-corrected chi connectivity index (χ4v) is 3.70. The van der Waals surface area contributed by atoms with Crippen molar-refractivity contribution in [1.29, 1.82) is 0 Å². The Labute approximate surface area is 168 Å². The second-order valence-corrected chi connectivity index (χ2v) is 7.59. The van der Waals surface area contributed by atoms with Gasteiger partial charge in [0.15, 0.2) is 0 Å². The Morgan fingerprint density at radius 2 is 2.04 bits per heavy atom. The van der Waals surface area contributed by atoms with Gasteiger partial charge in [0.25, 0.3) is 0 Å². The van der Waals surface area contributed by atoms with Crippen molar-refractivity contribution in [3.63, 3.8) is 0 Å². The molecule has 1 saturated heterocycles. The van der Waals surface area contributed by atoms with Gasteiger partial charge < -0.3 is 20.0 Å². The molecule has 2 N–H and O–H groups in total. The topological polar surface area (TPSA) is 57.5 Å². The molecule has 2 heterocycles. The van der Waals surface area contributed by atoms with Crippen LogP contribution < -0.4 is 10.6 Å². The third kappa shape index (κ3) is 5.71. The van der Waals surface area contributed by atoms with Crippen LogP contribution in [0.2, 0.25) is 0 Å². The molecular weight excluding hydrogens is 362 g/mol. The summed E-state index contributed by atoms with van der Waals surface area (Å²) in [5.41, 5.74) is 4.40. The van der Waals surface area contributed by atoms with Crippen LogP contribution in [0.3, 0.4) is 0 Å². The minimum atomic E-state index is 0. The molecule has 3 rings (SSSR count). The van der Waals surface area contributed by atoms with Crippen LogP contribution in [0.25, 0.3) is 11.0 Å². The van der Waals surface area contributed by atoms with Gasteiger partial charge in [0.2, 0.25) is 5.91 Å². The Balaban J connectivity index is 0.00000261. The number of halogens is 1. The lowest BCUT2D eigenvalue weighted by atomic mass is 9.95. The number of hydrogen-bond donors (Lipinski definition) is 2. The first-order chi connectivity index (χ1) is 12.5. The standard InChI is InChI=1S/C21H31N3O2.ClH/c1-15(2)18-13-19-17(14-26-20(19)11-16(18)3)12-21(25)23-5-4-8-24-9-6-22-7-10-24;/h11,13-15,22H,4-10,12H2,1-3H3,(H,23,25);1H. The van der Waals surface area contributed by atoms with E-state index in [0.29, 0.717) is 12.3 Å². The number of carbonyl (C=O) groups is 1. The third-order valence-corrected chi connectivity index (χ3v) is 5.20. The molecule has 1 amide bonds. The second-order valence-electron chi connectivity index (χ2n) is 7.59. The van der Waals surface area contributed by atoms with Crippen LogP contribution in [0.4, 0.5) is 0 Å². The Kier molecular flexibility index (Phi) is 8.14. The van der Waals surface area contributed by atoms with Crippen LogP contribution in [-0.4, -0.2) is 50.1 Å². The maximum Gasteiger partial charge on any atom is 0.224 e. The first kappa shape index (κ1) is 21.7. The summed E-state index contributed by atoms with van der Waals surface area (Å²) in [6, 6.07) is 4.27. The first-order valence-electron chi connectivity index (χ1n) is 9.75. The minimum Gasteiger partial charge on any atom is -0.464 e. The monoisotopic (exact) mass is 393 g/mol. The van der Waals surface area contributed by atoms with Crippen LogP contribution >= 0.6 is 12.4 Å². The van der Waals surface area contributed by atoms with Gasteiger partial charge in [-0.1, -0.05) is 13.8 Å². The summed E-state index contributed by atoms with van der Waals surface area (Å²) >= 11 is 0. The molecule has 1 aliphatic rings. The third-order valence-electron chi connectivity index (χ3n) is 5.20. The van der Waals surface area contributed by atoms with Gasteiger partial charge in [-0.15, -0.1) is 12.4 Å². The van der Waals surface area contributed by atoms with Crippen molar-refractivity contribution in [2.45, 2.75) is 39.5 Å². The number of aryl methyl sites for hydroxylation is 1. The fraction of sp³-hybridized carbons (Fsp3) is 0.571. The number of amides is 1. The predicted molar refractivity (Wildman–Crippen MR) is 113 cm³/mol. The number of fused-ring (bicyclic) bond motifs is 1. The van der Waals surface area contributed by atoms with E-state index in [4.69, 9.17) is 4.42 Å². The largest absolute Gasteiger partial charge is 0.464 e. The van der Waals surface area contributed by atoms with Crippen molar-refractivity contribution in [2.24, 2.45) is 0 Å². The summed E-state index contributed by atoms with van der Waals surface area (Å²) < 4.78 is 5.68. The van der Waals surface area contributed by atoms with Crippen molar-refractivity contribution in [3.8, 4) is 0 Å². The quantitative estimate of drug-likeness (QED) is 0.709. The van der Waals surface area contributed by atoms with Crippen LogP contribution in [0.5, 0.6) is 0 Å². The molecular formula is C21H32ClN3O2. The number of rotatable bonds is 7. The van der Waals surface area contributed by atoms with E-state index >= 15 is 0 Å². The highest BCUT2D eigenvalue weighted by Crippen LogP contribution is 2.29. The van der Waals surface area contributed by atoms with E-state index in [9.17, 15) is 4.79 Å². The van der Waals surface area contributed by atoms with Crippen LogP contribution in [-0.2, 0) is 11.2 Å². The summed E-state index contributed by atoms with van der Waals surface area (Å²) in [5.74, 6) is 0.528. The molecule has 1 fully saturated rings. The smallest absolute Gasteiger partial charge is 0.224 e. The molecule has 1 aliphatic heterocycles. The molecule has 0 aliphatic carbocycles. The Morgan fingerprint density at radius 3 is 2.74 bits per heavy atom. The van der Waals surface area contributed by atoms with E-state index < -0.39 is 0 Å². The zero-order valence-corrected chi connectivity index (χ0v) is 17.5. The SMILES string of the molecule is Cc1cc2occ(CC(=O)NCCCN3CCNCC3)c2cc1C(C)C.Cl. The predicted octanol–water partition coefficient (Wildman–Crippen LogP) is 3.24. The highest BCUT2D eigenvalue weighted by Gasteiger charge is 2.14. The number of benzene rings is 1. The van der Waals surface area contributed by atoms with Gasteiger partial charge >= 0.3 is 0 Å². The summed E-state index contributed by atoms with van der Waals surface area (Å²) in [7, 11) is 0. The van der Waals surface area contributed by atoms with Crippen molar-refractivity contribution in [1.82, 2.24) is 15.5 Å². The molecule has 0 saturated carbocycles. The normalized spacial score (nSPS) is 15.1. The fourth-order valence-electron chi connectivity index (χ4n) is 3.70. The first-order valence-corrected chi connectivity index (χ1v) is 9.75. The summed E-state index contributed by atoms with van der Waals surface area (Å²) in [6.45, 7) is 12.6. The van der Waals surface area contributed by atoms with E-state index in [2.05, 4.69) is 48.4 Å². The maximum absolute atomic E-state index is 12.3. The number of furan rings is 1. The Hall–Kier alpha value is -1.56. The van der Waals surface area contributed by atoms with Crippen molar-refractivity contribution < 1.29 is 9.21 Å². The molecule has 5 nitrogen and oxygen atoms in total. The van der Waals surface area contributed by atoms with Crippen molar-refractivity contribution in [3.05, 3.63) is 35.1 Å². The number of piperazine rings is 1. The molecule has 1 aromatic heterocycles. The van der Waals surface area contributed by atoms with Gasteiger partial charge in [-0.05, 0) is 49.1 Å². The van der Waals surface area contributed by atoms with Crippen molar-refractivity contribution >= 4 is 29.3 Å². The highest BCUT2D eigenvalue weighted by atomic mass is 35.5. The van der Waals surface area contributed by atoms with Gasteiger partial charge in [0, 0.05) is 43.7 Å². The van der Waals surface area contributed by atoms with Gasteiger partial charge in [0.1, 0.15) is 5.58 Å². The maximum atomic E-state index is 12.3.